The first kappa shape index (κ1) is 30.4. The summed E-state index contributed by atoms with van der Waals surface area (Å²) >= 11 is 0. The molecular formula is C50H35N. The molecular weight excluding hydrogens is 615 g/mol. The zero-order valence-electron chi connectivity index (χ0n) is 28.2. The van der Waals surface area contributed by atoms with Crippen molar-refractivity contribution >= 4 is 64.7 Å². The molecule has 2 aliphatic carbocycles. The summed E-state index contributed by atoms with van der Waals surface area (Å²) in [6, 6.07) is 63.1. The summed E-state index contributed by atoms with van der Waals surface area (Å²) in [6.07, 6.45) is 13.5. The van der Waals surface area contributed by atoms with E-state index in [0.717, 1.165) is 28.2 Å². The number of hydrogen-bond donors (Lipinski definition) is 0. The smallest absolute Gasteiger partial charge is 0.0462 e. The maximum atomic E-state index is 2.33. The maximum absolute atomic E-state index is 2.33. The van der Waals surface area contributed by atoms with Crippen molar-refractivity contribution in [3.63, 3.8) is 0 Å². The third-order valence-electron chi connectivity index (χ3n) is 9.83. The summed E-state index contributed by atoms with van der Waals surface area (Å²) in [5.41, 5.74) is 18.0. The van der Waals surface area contributed by atoms with Gasteiger partial charge in [-0.25, -0.2) is 0 Å². The fourth-order valence-corrected chi connectivity index (χ4v) is 7.31. The van der Waals surface area contributed by atoms with Crippen molar-refractivity contribution in [1.29, 1.82) is 0 Å². The molecule has 240 valence electrons. The highest BCUT2D eigenvalue weighted by molar-refractivity contribution is 6.01. The average Bonchev–Trinajstić information content (AvgIpc) is 3.45. The molecule has 0 aliphatic heterocycles. The van der Waals surface area contributed by atoms with E-state index in [1.165, 1.54) is 55.7 Å². The van der Waals surface area contributed by atoms with E-state index in [9.17, 15) is 0 Å². The van der Waals surface area contributed by atoms with Gasteiger partial charge >= 0.3 is 0 Å². The molecule has 0 bridgehead atoms. The van der Waals surface area contributed by atoms with E-state index in [1.807, 2.05) is 0 Å². The summed E-state index contributed by atoms with van der Waals surface area (Å²) in [5.74, 6) is 0. The zero-order valence-corrected chi connectivity index (χ0v) is 28.2. The Hall–Kier alpha value is -6.70. The van der Waals surface area contributed by atoms with Crippen LogP contribution in [0.15, 0.2) is 176 Å². The van der Waals surface area contributed by atoms with Crippen molar-refractivity contribution in [3.8, 4) is 0 Å². The molecule has 0 fully saturated rings. The Morgan fingerprint density at radius 1 is 0.275 bits per heavy atom. The molecule has 7 aromatic rings. The molecule has 0 unspecified atom stereocenters. The number of anilines is 3. The van der Waals surface area contributed by atoms with Gasteiger partial charge in [0.25, 0.3) is 0 Å². The van der Waals surface area contributed by atoms with Gasteiger partial charge in [0.1, 0.15) is 0 Å². The lowest BCUT2D eigenvalue weighted by Crippen LogP contribution is -2.09. The van der Waals surface area contributed by atoms with Crippen LogP contribution in [0.1, 0.15) is 55.6 Å². The Morgan fingerprint density at radius 2 is 0.569 bits per heavy atom. The molecule has 0 radical (unpaired) electrons. The van der Waals surface area contributed by atoms with Crippen LogP contribution < -0.4 is 4.90 Å². The third-order valence-corrected chi connectivity index (χ3v) is 9.83. The molecule has 1 nitrogen and oxygen atoms in total. The molecule has 0 amide bonds. The molecule has 0 saturated carbocycles. The zero-order chi connectivity index (χ0) is 34.0. The van der Waals surface area contributed by atoms with Gasteiger partial charge in [0.15, 0.2) is 0 Å². The molecule has 0 heterocycles. The quantitative estimate of drug-likeness (QED) is 0.179. The number of fused-ring (bicyclic) bond motifs is 4. The normalized spacial score (nSPS) is 12.5. The van der Waals surface area contributed by atoms with Crippen LogP contribution in [-0.2, 0) is 0 Å². The Morgan fingerprint density at radius 3 is 0.922 bits per heavy atom. The summed E-state index contributed by atoms with van der Waals surface area (Å²) in [7, 11) is 0. The second kappa shape index (κ2) is 13.3. The summed E-state index contributed by atoms with van der Waals surface area (Å²) in [4.78, 5) is 2.33. The summed E-state index contributed by atoms with van der Waals surface area (Å²) in [5, 5.41) is 0. The number of hydrogen-bond acceptors (Lipinski definition) is 1. The van der Waals surface area contributed by atoms with Gasteiger partial charge in [-0.05, 0) is 115 Å². The van der Waals surface area contributed by atoms with Crippen molar-refractivity contribution in [2.75, 3.05) is 4.90 Å². The lowest BCUT2D eigenvalue weighted by molar-refractivity contribution is 1.28. The van der Waals surface area contributed by atoms with Crippen LogP contribution >= 0.6 is 0 Å². The van der Waals surface area contributed by atoms with Crippen molar-refractivity contribution in [3.05, 3.63) is 232 Å². The number of benzene rings is 7. The number of para-hydroxylation sites is 1. The standard InChI is InChI=1S/C50H35N/c1-2-16-42(17-3-1)51(43-30-22-36(23-31-43)34-49-45-18-8-4-12-38(45)26-27-39-13-5-9-19-46(39)49)44-32-24-37(25-33-44)35-50-47-20-10-6-14-40(47)28-29-41-15-7-11-21-48(41)50/h1-35H. The predicted molar refractivity (Wildman–Crippen MR) is 219 cm³/mol. The molecule has 0 atom stereocenters. The van der Waals surface area contributed by atoms with E-state index < -0.39 is 0 Å². The molecule has 0 N–H and O–H groups in total. The molecule has 51 heavy (non-hydrogen) atoms. The Kier molecular flexibility index (Phi) is 7.92. The number of rotatable bonds is 5. The number of nitrogens with zero attached hydrogens (tertiary/aromatic N) is 1. The first-order valence-corrected chi connectivity index (χ1v) is 17.5. The van der Waals surface area contributed by atoms with Gasteiger partial charge in [0.2, 0.25) is 0 Å². The third kappa shape index (κ3) is 5.96. The van der Waals surface area contributed by atoms with Gasteiger partial charge in [0, 0.05) is 17.1 Å². The van der Waals surface area contributed by atoms with Gasteiger partial charge in [0.05, 0.1) is 0 Å². The summed E-state index contributed by atoms with van der Waals surface area (Å²) < 4.78 is 0. The molecule has 2 aliphatic rings. The van der Waals surface area contributed by atoms with Gasteiger partial charge in [-0.3, -0.25) is 0 Å². The van der Waals surface area contributed by atoms with Crippen LogP contribution in [0.5, 0.6) is 0 Å². The van der Waals surface area contributed by atoms with Crippen LogP contribution in [0.3, 0.4) is 0 Å². The van der Waals surface area contributed by atoms with Crippen molar-refractivity contribution in [1.82, 2.24) is 0 Å². The van der Waals surface area contributed by atoms with Gasteiger partial charge in [-0.15, -0.1) is 0 Å². The minimum absolute atomic E-state index is 1.11. The molecule has 1 heteroatoms. The average molecular weight is 650 g/mol. The predicted octanol–water partition coefficient (Wildman–Crippen LogP) is 13.3. The molecule has 9 rings (SSSR count). The van der Waals surface area contributed by atoms with E-state index >= 15 is 0 Å². The van der Waals surface area contributed by atoms with Crippen LogP contribution in [0.2, 0.25) is 0 Å². The minimum atomic E-state index is 1.11. The molecule has 0 spiro atoms. The Bertz CT molecular complexity index is 2230. The molecule has 0 aromatic heterocycles. The second-order valence-corrected chi connectivity index (χ2v) is 13.0. The fraction of sp³-hybridized carbons (Fsp3) is 0. The highest BCUT2D eigenvalue weighted by Gasteiger charge is 2.17. The Balaban J connectivity index is 1.08. The monoisotopic (exact) mass is 649 g/mol. The van der Waals surface area contributed by atoms with E-state index in [0.29, 0.717) is 0 Å². The van der Waals surface area contributed by atoms with Crippen molar-refractivity contribution < 1.29 is 0 Å². The van der Waals surface area contributed by atoms with Gasteiger partial charge in [-0.1, -0.05) is 164 Å². The van der Waals surface area contributed by atoms with Crippen LogP contribution in [0.4, 0.5) is 17.1 Å². The van der Waals surface area contributed by atoms with Crippen molar-refractivity contribution in [2.45, 2.75) is 0 Å². The van der Waals surface area contributed by atoms with E-state index in [-0.39, 0.29) is 0 Å². The highest BCUT2D eigenvalue weighted by atomic mass is 15.1. The maximum Gasteiger partial charge on any atom is 0.0462 e. The molecule has 0 saturated heterocycles. The van der Waals surface area contributed by atoms with E-state index in [1.54, 1.807) is 0 Å². The Labute approximate surface area is 300 Å². The first-order valence-electron chi connectivity index (χ1n) is 17.5. The highest BCUT2D eigenvalue weighted by Crippen LogP contribution is 2.39. The van der Waals surface area contributed by atoms with Crippen LogP contribution in [-0.4, -0.2) is 0 Å². The van der Waals surface area contributed by atoms with E-state index in [2.05, 4.69) is 217 Å². The first-order chi connectivity index (χ1) is 25.3. The van der Waals surface area contributed by atoms with Crippen molar-refractivity contribution in [2.24, 2.45) is 0 Å². The minimum Gasteiger partial charge on any atom is -0.311 e. The van der Waals surface area contributed by atoms with Gasteiger partial charge < -0.3 is 4.90 Å². The van der Waals surface area contributed by atoms with Crippen LogP contribution in [0, 0.1) is 0 Å². The lowest BCUT2D eigenvalue weighted by Gasteiger charge is -2.25. The largest absolute Gasteiger partial charge is 0.311 e. The topological polar surface area (TPSA) is 3.24 Å². The van der Waals surface area contributed by atoms with E-state index in [4.69, 9.17) is 0 Å². The fourth-order valence-electron chi connectivity index (χ4n) is 7.31. The SMILES string of the molecule is C1=Cc2ccccc2C(=Cc2ccc(N(c3ccccc3)c3ccc(C=C4c5ccccc5C=Cc5ccccc54)cc3)cc2)c2ccccc21. The lowest BCUT2D eigenvalue weighted by atomic mass is 9.92. The molecule has 7 aromatic carbocycles. The summed E-state index contributed by atoms with van der Waals surface area (Å²) in [6.45, 7) is 0. The second-order valence-electron chi connectivity index (χ2n) is 13.0. The van der Waals surface area contributed by atoms with Crippen LogP contribution in [0.25, 0.3) is 47.6 Å². The van der Waals surface area contributed by atoms with Gasteiger partial charge in [-0.2, -0.15) is 0 Å².